The fraction of sp³-hybridized carbons (Fsp3) is 0.333. The molecule has 1 saturated heterocycles. The molecule has 5 rings (SSSR count). The van der Waals surface area contributed by atoms with Gasteiger partial charge in [0.1, 0.15) is 5.75 Å². The first-order valence-corrected chi connectivity index (χ1v) is 12.0. The van der Waals surface area contributed by atoms with E-state index in [1.165, 1.54) is 40.7 Å². The summed E-state index contributed by atoms with van der Waals surface area (Å²) in [5.41, 5.74) is 7.11. The Kier molecular flexibility index (Phi) is 6.14. The molecule has 0 atom stereocenters. The summed E-state index contributed by atoms with van der Waals surface area (Å²) in [5.74, 6) is 2.11. The quantitative estimate of drug-likeness (QED) is 0.438. The Morgan fingerprint density at radius 2 is 1.34 bits per heavy atom. The Morgan fingerprint density at radius 3 is 1.91 bits per heavy atom. The smallest absolute Gasteiger partial charge is 0.119 e. The summed E-state index contributed by atoms with van der Waals surface area (Å²) >= 11 is 0. The van der Waals surface area contributed by atoms with Gasteiger partial charge in [0.25, 0.3) is 0 Å². The molecule has 0 radical (unpaired) electrons. The number of ether oxygens (including phenoxy) is 1. The van der Waals surface area contributed by atoms with Crippen molar-refractivity contribution in [3.05, 3.63) is 101 Å². The third-order valence-electron chi connectivity index (χ3n) is 6.91. The highest BCUT2D eigenvalue weighted by molar-refractivity contribution is 5.76. The Hall–Kier alpha value is -2.84. The normalized spacial score (nSPS) is 17.1. The maximum atomic E-state index is 5.79. The van der Waals surface area contributed by atoms with Crippen molar-refractivity contribution in [1.82, 2.24) is 4.90 Å². The van der Waals surface area contributed by atoms with Crippen LogP contribution >= 0.6 is 0 Å². The summed E-state index contributed by atoms with van der Waals surface area (Å²) in [6.45, 7) is 7.47. The Morgan fingerprint density at radius 1 is 0.781 bits per heavy atom. The minimum absolute atomic E-state index is 0.217. The van der Waals surface area contributed by atoms with Gasteiger partial charge < -0.3 is 4.74 Å². The Balaban J connectivity index is 1.30. The van der Waals surface area contributed by atoms with Crippen LogP contribution in [0, 0.1) is 5.92 Å². The molecule has 0 aromatic heterocycles. The van der Waals surface area contributed by atoms with E-state index in [1.807, 2.05) is 0 Å². The molecule has 2 nitrogen and oxygen atoms in total. The molecule has 3 aromatic rings. The molecule has 1 aliphatic carbocycles. The van der Waals surface area contributed by atoms with Crippen molar-refractivity contribution in [2.24, 2.45) is 5.92 Å². The van der Waals surface area contributed by atoms with Crippen LogP contribution in [0.4, 0.5) is 0 Å². The lowest BCUT2D eigenvalue weighted by atomic mass is 9.74. The molecule has 0 amide bonds. The van der Waals surface area contributed by atoms with Crippen LogP contribution in [0.2, 0.25) is 0 Å². The van der Waals surface area contributed by atoms with Crippen LogP contribution in [-0.2, 0) is 6.54 Å². The van der Waals surface area contributed by atoms with Gasteiger partial charge in [-0.15, -0.1) is 0 Å². The molecule has 2 aliphatic rings. The van der Waals surface area contributed by atoms with Gasteiger partial charge in [0.2, 0.25) is 0 Å². The van der Waals surface area contributed by atoms with Gasteiger partial charge in [-0.25, -0.2) is 0 Å². The Labute approximate surface area is 192 Å². The highest BCUT2D eigenvalue weighted by Gasteiger charge is 2.31. The average Bonchev–Trinajstić information content (AvgIpc) is 2.98. The van der Waals surface area contributed by atoms with Gasteiger partial charge in [0.15, 0.2) is 0 Å². The molecule has 0 bridgehead atoms. The number of piperidine rings is 1. The first-order chi connectivity index (χ1) is 15.7. The summed E-state index contributed by atoms with van der Waals surface area (Å²) < 4.78 is 5.79. The van der Waals surface area contributed by atoms with Crippen LogP contribution in [0.5, 0.6) is 5.75 Å². The van der Waals surface area contributed by atoms with Gasteiger partial charge in [-0.2, -0.15) is 0 Å². The van der Waals surface area contributed by atoms with Crippen molar-refractivity contribution in [3.8, 4) is 5.75 Å². The van der Waals surface area contributed by atoms with Gasteiger partial charge in [0, 0.05) is 12.5 Å². The van der Waals surface area contributed by atoms with Gasteiger partial charge in [-0.1, -0.05) is 72.8 Å². The van der Waals surface area contributed by atoms with Gasteiger partial charge in [-0.05, 0) is 85.6 Å². The average molecular weight is 424 g/mol. The van der Waals surface area contributed by atoms with Gasteiger partial charge >= 0.3 is 0 Å². The highest BCUT2D eigenvalue weighted by Crippen LogP contribution is 2.43. The predicted octanol–water partition coefficient (Wildman–Crippen LogP) is 7.00. The summed E-state index contributed by atoms with van der Waals surface area (Å²) in [5, 5.41) is 0. The van der Waals surface area contributed by atoms with Crippen LogP contribution < -0.4 is 4.74 Å². The minimum atomic E-state index is 0.217. The van der Waals surface area contributed by atoms with E-state index < -0.39 is 0 Å². The number of fused-ring (bicyclic) bond motifs is 2. The second-order valence-electron chi connectivity index (χ2n) is 9.49. The second-order valence-corrected chi connectivity index (χ2v) is 9.49. The monoisotopic (exact) mass is 423 g/mol. The third-order valence-corrected chi connectivity index (χ3v) is 6.91. The predicted molar refractivity (Wildman–Crippen MR) is 134 cm³/mol. The minimum Gasteiger partial charge on any atom is -0.491 e. The van der Waals surface area contributed by atoms with Crippen LogP contribution in [0.25, 0.3) is 12.2 Å². The number of nitrogens with zero attached hydrogens (tertiary/aromatic N) is 1. The van der Waals surface area contributed by atoms with E-state index in [0.29, 0.717) is 11.8 Å². The lowest BCUT2D eigenvalue weighted by molar-refractivity contribution is 0.168. The van der Waals surface area contributed by atoms with Crippen molar-refractivity contribution in [2.75, 3.05) is 13.1 Å². The molecule has 32 heavy (non-hydrogen) atoms. The molecule has 2 heteroatoms. The van der Waals surface area contributed by atoms with Gasteiger partial charge in [0.05, 0.1) is 6.10 Å². The number of hydrogen-bond acceptors (Lipinski definition) is 2. The molecule has 1 fully saturated rings. The SMILES string of the molecule is CC(C)Oc1ccc(CN2CCC(C3c4ccccc4C=Cc4ccccc43)CC2)cc1. The molecular formula is C30H33NO. The Bertz CT molecular complexity index is 1020. The summed E-state index contributed by atoms with van der Waals surface area (Å²) in [4.78, 5) is 2.61. The molecule has 164 valence electrons. The standard InChI is InChI=1S/C30H33NO/c1-22(2)32-27-15-11-23(12-16-27)21-31-19-17-26(18-20-31)30-28-9-5-3-7-24(28)13-14-25-8-4-6-10-29(25)30/h3-16,22,26,30H,17-21H2,1-2H3. The van der Waals surface area contributed by atoms with E-state index >= 15 is 0 Å². The van der Waals surface area contributed by atoms with E-state index in [0.717, 1.165) is 25.4 Å². The lowest BCUT2D eigenvalue weighted by Crippen LogP contribution is -2.35. The van der Waals surface area contributed by atoms with Crippen molar-refractivity contribution in [2.45, 2.75) is 45.3 Å². The zero-order valence-electron chi connectivity index (χ0n) is 19.2. The van der Waals surface area contributed by atoms with E-state index in [2.05, 4.69) is 104 Å². The van der Waals surface area contributed by atoms with E-state index in [9.17, 15) is 0 Å². The first kappa shape index (κ1) is 21.0. The zero-order valence-corrected chi connectivity index (χ0v) is 19.2. The molecule has 0 unspecified atom stereocenters. The van der Waals surface area contributed by atoms with E-state index in [-0.39, 0.29) is 6.10 Å². The van der Waals surface area contributed by atoms with Crippen LogP contribution in [0.15, 0.2) is 72.8 Å². The number of rotatable bonds is 5. The third kappa shape index (κ3) is 4.52. The lowest BCUT2D eigenvalue weighted by Gasteiger charge is -2.37. The number of likely N-dealkylation sites (tertiary alicyclic amines) is 1. The fourth-order valence-corrected chi connectivity index (χ4v) is 5.39. The topological polar surface area (TPSA) is 12.5 Å². The molecule has 0 N–H and O–H groups in total. The van der Waals surface area contributed by atoms with Crippen molar-refractivity contribution >= 4 is 12.2 Å². The van der Waals surface area contributed by atoms with Crippen LogP contribution in [-0.4, -0.2) is 24.1 Å². The molecule has 0 spiro atoms. The molecule has 1 heterocycles. The van der Waals surface area contributed by atoms with Gasteiger partial charge in [-0.3, -0.25) is 4.90 Å². The van der Waals surface area contributed by atoms with E-state index in [4.69, 9.17) is 4.74 Å². The van der Waals surface area contributed by atoms with Crippen LogP contribution in [0.3, 0.4) is 0 Å². The highest BCUT2D eigenvalue weighted by atomic mass is 16.5. The zero-order chi connectivity index (χ0) is 21.9. The molecular weight excluding hydrogens is 390 g/mol. The first-order valence-electron chi connectivity index (χ1n) is 12.0. The number of benzene rings is 3. The molecule has 1 aliphatic heterocycles. The summed E-state index contributed by atoms with van der Waals surface area (Å²) in [6.07, 6.45) is 7.30. The largest absolute Gasteiger partial charge is 0.491 e. The number of hydrogen-bond donors (Lipinski definition) is 0. The van der Waals surface area contributed by atoms with E-state index in [1.54, 1.807) is 0 Å². The summed E-state index contributed by atoms with van der Waals surface area (Å²) in [6, 6.07) is 26.6. The van der Waals surface area contributed by atoms with Crippen molar-refractivity contribution in [1.29, 1.82) is 0 Å². The maximum Gasteiger partial charge on any atom is 0.119 e. The van der Waals surface area contributed by atoms with Crippen LogP contribution in [0.1, 0.15) is 60.4 Å². The molecule has 3 aromatic carbocycles. The summed E-state index contributed by atoms with van der Waals surface area (Å²) in [7, 11) is 0. The second kappa shape index (κ2) is 9.34. The van der Waals surface area contributed by atoms with Crippen molar-refractivity contribution in [3.63, 3.8) is 0 Å². The maximum absolute atomic E-state index is 5.79. The fourth-order valence-electron chi connectivity index (χ4n) is 5.39. The molecule has 0 saturated carbocycles. The van der Waals surface area contributed by atoms with Crippen molar-refractivity contribution < 1.29 is 4.74 Å².